The highest BCUT2D eigenvalue weighted by Crippen LogP contribution is 2.32. The van der Waals surface area contributed by atoms with E-state index in [0.717, 1.165) is 33.8 Å². The quantitative estimate of drug-likeness (QED) is 0.278. The standard InChI is InChI=1S/C25H21N3O2S/c1-17(29)20-13-14-22(30-2)21(15-20)16-31-25-26-23(18-9-5-3-6-10-18)24(27-28-25)19-11-7-4-8-12-19/h3-15H,16H2,1-2H3. The summed E-state index contributed by atoms with van der Waals surface area (Å²) < 4.78 is 5.46. The van der Waals surface area contributed by atoms with Gasteiger partial charge in [-0.2, -0.15) is 0 Å². The van der Waals surface area contributed by atoms with Crippen LogP contribution in [0.4, 0.5) is 0 Å². The summed E-state index contributed by atoms with van der Waals surface area (Å²) in [6.45, 7) is 1.56. The average Bonchev–Trinajstić information content (AvgIpc) is 2.83. The van der Waals surface area contributed by atoms with Gasteiger partial charge in [-0.25, -0.2) is 4.98 Å². The van der Waals surface area contributed by atoms with Gasteiger partial charge in [-0.05, 0) is 25.1 Å². The third-order valence-corrected chi connectivity index (χ3v) is 5.69. The van der Waals surface area contributed by atoms with Crippen LogP contribution in [0.5, 0.6) is 5.75 Å². The van der Waals surface area contributed by atoms with Crippen LogP contribution in [0.15, 0.2) is 84.0 Å². The number of hydrogen-bond donors (Lipinski definition) is 0. The number of benzene rings is 3. The molecule has 0 N–H and O–H groups in total. The van der Waals surface area contributed by atoms with E-state index in [1.54, 1.807) is 20.1 Å². The molecule has 3 aromatic carbocycles. The fourth-order valence-corrected chi connectivity index (χ4v) is 3.98. The van der Waals surface area contributed by atoms with E-state index in [4.69, 9.17) is 9.72 Å². The van der Waals surface area contributed by atoms with Gasteiger partial charge in [0.15, 0.2) is 5.78 Å². The summed E-state index contributed by atoms with van der Waals surface area (Å²) in [5.74, 6) is 1.31. The zero-order valence-electron chi connectivity index (χ0n) is 17.3. The van der Waals surface area contributed by atoms with E-state index in [2.05, 4.69) is 10.2 Å². The summed E-state index contributed by atoms with van der Waals surface area (Å²) in [7, 11) is 1.62. The lowest BCUT2D eigenvalue weighted by Crippen LogP contribution is -2.00. The van der Waals surface area contributed by atoms with Crippen molar-refractivity contribution in [1.82, 2.24) is 15.2 Å². The van der Waals surface area contributed by atoms with Gasteiger partial charge in [-0.15, -0.1) is 10.2 Å². The van der Waals surface area contributed by atoms with Gasteiger partial charge in [0.1, 0.15) is 17.1 Å². The largest absolute Gasteiger partial charge is 0.496 e. The summed E-state index contributed by atoms with van der Waals surface area (Å²) in [6.07, 6.45) is 0. The maximum Gasteiger partial charge on any atom is 0.210 e. The Hall–Kier alpha value is -3.51. The van der Waals surface area contributed by atoms with Crippen molar-refractivity contribution in [3.05, 3.63) is 90.0 Å². The number of aromatic nitrogens is 3. The van der Waals surface area contributed by atoms with Crippen molar-refractivity contribution in [2.75, 3.05) is 7.11 Å². The highest BCUT2D eigenvalue weighted by atomic mass is 32.2. The molecule has 0 radical (unpaired) electrons. The lowest BCUT2D eigenvalue weighted by Gasteiger charge is -2.11. The van der Waals surface area contributed by atoms with Crippen LogP contribution in [-0.2, 0) is 5.75 Å². The van der Waals surface area contributed by atoms with E-state index >= 15 is 0 Å². The molecule has 0 saturated heterocycles. The first kappa shape index (κ1) is 20.8. The van der Waals surface area contributed by atoms with Gasteiger partial charge in [0.25, 0.3) is 0 Å². The number of nitrogens with zero attached hydrogens (tertiary/aromatic N) is 3. The van der Waals surface area contributed by atoms with Crippen LogP contribution in [0.25, 0.3) is 22.5 Å². The van der Waals surface area contributed by atoms with Gasteiger partial charge < -0.3 is 4.74 Å². The Morgan fingerprint density at radius 3 is 2.13 bits per heavy atom. The number of ether oxygens (including phenoxy) is 1. The average molecular weight is 428 g/mol. The molecule has 0 aliphatic rings. The van der Waals surface area contributed by atoms with Crippen LogP contribution in [0.3, 0.4) is 0 Å². The molecule has 4 aromatic rings. The Morgan fingerprint density at radius 2 is 1.52 bits per heavy atom. The van der Waals surface area contributed by atoms with Gasteiger partial charge in [0.05, 0.1) is 7.11 Å². The highest BCUT2D eigenvalue weighted by Gasteiger charge is 2.15. The molecule has 0 bridgehead atoms. The Bertz CT molecular complexity index is 1200. The lowest BCUT2D eigenvalue weighted by atomic mass is 10.0. The van der Waals surface area contributed by atoms with Crippen LogP contribution in [0, 0.1) is 0 Å². The topological polar surface area (TPSA) is 65.0 Å². The van der Waals surface area contributed by atoms with Crippen LogP contribution < -0.4 is 4.74 Å². The van der Waals surface area contributed by atoms with Crippen LogP contribution in [-0.4, -0.2) is 28.1 Å². The first-order chi connectivity index (χ1) is 15.2. The summed E-state index contributed by atoms with van der Waals surface area (Å²) in [4.78, 5) is 16.6. The molecule has 0 aliphatic carbocycles. The molecule has 0 amide bonds. The monoisotopic (exact) mass is 427 g/mol. The molecule has 6 heteroatoms. The lowest BCUT2D eigenvalue weighted by molar-refractivity contribution is 0.101. The van der Waals surface area contributed by atoms with Crippen molar-refractivity contribution in [2.45, 2.75) is 17.8 Å². The van der Waals surface area contributed by atoms with E-state index in [1.807, 2.05) is 72.8 Å². The van der Waals surface area contributed by atoms with Gasteiger partial charge in [-0.1, -0.05) is 72.4 Å². The van der Waals surface area contributed by atoms with Crippen LogP contribution >= 0.6 is 11.8 Å². The molecule has 0 fully saturated rings. The zero-order chi connectivity index (χ0) is 21.6. The predicted octanol–water partition coefficient (Wildman–Crippen LogP) is 5.71. The fourth-order valence-electron chi connectivity index (χ4n) is 3.21. The molecular weight excluding hydrogens is 406 g/mol. The van der Waals surface area contributed by atoms with Crippen LogP contribution in [0.1, 0.15) is 22.8 Å². The first-order valence-electron chi connectivity index (χ1n) is 9.82. The van der Waals surface area contributed by atoms with Crippen molar-refractivity contribution in [3.8, 4) is 28.3 Å². The summed E-state index contributed by atoms with van der Waals surface area (Å²) in [5, 5.41) is 9.43. The Kier molecular flexibility index (Phi) is 6.38. The molecule has 0 unspecified atom stereocenters. The fraction of sp³-hybridized carbons (Fsp3) is 0.120. The molecule has 4 rings (SSSR count). The van der Waals surface area contributed by atoms with E-state index in [9.17, 15) is 4.79 Å². The van der Waals surface area contributed by atoms with Gasteiger partial charge >= 0.3 is 0 Å². The van der Waals surface area contributed by atoms with Crippen molar-refractivity contribution in [1.29, 1.82) is 0 Å². The van der Waals surface area contributed by atoms with Crippen molar-refractivity contribution >= 4 is 17.5 Å². The summed E-state index contributed by atoms with van der Waals surface area (Å²) in [6, 6.07) is 25.4. The van der Waals surface area contributed by atoms with E-state index in [-0.39, 0.29) is 5.78 Å². The van der Waals surface area contributed by atoms with Crippen LogP contribution in [0.2, 0.25) is 0 Å². The third-order valence-electron chi connectivity index (χ3n) is 4.81. The summed E-state index contributed by atoms with van der Waals surface area (Å²) >= 11 is 1.46. The SMILES string of the molecule is COc1ccc(C(C)=O)cc1CSc1nnc(-c2ccccc2)c(-c2ccccc2)n1. The minimum absolute atomic E-state index is 0.0189. The number of hydrogen-bond acceptors (Lipinski definition) is 6. The second-order valence-electron chi connectivity index (χ2n) is 6.90. The predicted molar refractivity (Wildman–Crippen MR) is 123 cm³/mol. The normalized spacial score (nSPS) is 10.6. The minimum atomic E-state index is 0.0189. The molecule has 5 nitrogen and oxygen atoms in total. The Labute approximate surface area is 185 Å². The highest BCUT2D eigenvalue weighted by molar-refractivity contribution is 7.98. The number of ketones is 1. The van der Waals surface area contributed by atoms with Gasteiger partial charge in [0.2, 0.25) is 5.16 Å². The maximum atomic E-state index is 11.8. The first-order valence-corrected chi connectivity index (χ1v) is 10.8. The number of carbonyl (C=O) groups excluding carboxylic acids is 1. The molecule has 0 spiro atoms. The Morgan fingerprint density at radius 1 is 0.871 bits per heavy atom. The molecular formula is C25H21N3O2S. The molecule has 31 heavy (non-hydrogen) atoms. The smallest absolute Gasteiger partial charge is 0.210 e. The van der Waals surface area contributed by atoms with Crippen molar-refractivity contribution in [2.24, 2.45) is 0 Å². The molecule has 1 aromatic heterocycles. The van der Waals surface area contributed by atoms with Gasteiger partial charge in [-0.3, -0.25) is 4.79 Å². The van der Waals surface area contributed by atoms with E-state index in [1.165, 1.54) is 11.8 Å². The molecule has 0 saturated carbocycles. The molecule has 0 aliphatic heterocycles. The second-order valence-corrected chi connectivity index (χ2v) is 7.84. The van der Waals surface area contributed by atoms with Crippen molar-refractivity contribution in [3.63, 3.8) is 0 Å². The number of thioether (sulfide) groups is 1. The van der Waals surface area contributed by atoms with E-state index < -0.39 is 0 Å². The number of carbonyl (C=O) groups is 1. The minimum Gasteiger partial charge on any atom is -0.496 e. The van der Waals surface area contributed by atoms with Gasteiger partial charge in [0, 0.05) is 28.0 Å². The number of rotatable bonds is 7. The molecule has 154 valence electrons. The number of methoxy groups -OCH3 is 1. The van der Waals surface area contributed by atoms with Crippen molar-refractivity contribution < 1.29 is 9.53 Å². The second kappa shape index (κ2) is 9.53. The molecule has 0 atom stereocenters. The number of Topliss-reactive ketones (excluding diaryl/α,β-unsaturated/α-hetero) is 1. The third kappa shape index (κ3) is 4.81. The zero-order valence-corrected chi connectivity index (χ0v) is 18.1. The molecule has 1 heterocycles. The Balaban J connectivity index is 1.68. The summed E-state index contributed by atoms with van der Waals surface area (Å²) in [5.41, 5.74) is 5.04. The maximum absolute atomic E-state index is 11.8. The van der Waals surface area contributed by atoms with E-state index in [0.29, 0.717) is 16.5 Å².